The molecule has 0 saturated carbocycles. The van der Waals surface area contributed by atoms with Gasteiger partial charge in [0.1, 0.15) is 0 Å². The smallest absolute Gasteiger partial charge is 0.0843 e. The molecule has 0 bridgehead atoms. The zero-order valence-electron chi connectivity index (χ0n) is 11.7. The molecular formula is C15H22N4. The number of para-hydroxylation sites is 1. The third-order valence-corrected chi connectivity index (χ3v) is 4.24. The monoisotopic (exact) mass is 258 g/mol. The number of hydrogen-bond acceptors (Lipinski definition) is 3. The van der Waals surface area contributed by atoms with E-state index in [0.29, 0.717) is 12.1 Å². The Balaban J connectivity index is 1.85. The van der Waals surface area contributed by atoms with Gasteiger partial charge in [0, 0.05) is 37.6 Å². The maximum Gasteiger partial charge on any atom is 0.0843 e. The van der Waals surface area contributed by atoms with Crippen LogP contribution in [0.5, 0.6) is 0 Å². The fourth-order valence-electron chi connectivity index (χ4n) is 3.09. The van der Waals surface area contributed by atoms with E-state index in [-0.39, 0.29) is 0 Å². The van der Waals surface area contributed by atoms with Crippen molar-refractivity contribution in [3.63, 3.8) is 0 Å². The predicted octanol–water partition coefficient (Wildman–Crippen LogP) is 1.88. The molecule has 3 rings (SSSR count). The second-order valence-electron chi connectivity index (χ2n) is 5.69. The average molecular weight is 258 g/mol. The summed E-state index contributed by atoms with van der Waals surface area (Å²) in [6.45, 7) is 4.27. The van der Waals surface area contributed by atoms with E-state index in [4.69, 9.17) is 5.73 Å². The molecule has 2 heterocycles. The van der Waals surface area contributed by atoms with E-state index < -0.39 is 0 Å². The highest BCUT2D eigenvalue weighted by Crippen LogP contribution is 2.23. The van der Waals surface area contributed by atoms with E-state index in [9.17, 15) is 0 Å². The Morgan fingerprint density at radius 2 is 2.16 bits per heavy atom. The Labute approximate surface area is 114 Å². The summed E-state index contributed by atoms with van der Waals surface area (Å²) in [6.07, 6.45) is 2.18. The first-order valence-electron chi connectivity index (χ1n) is 7.05. The van der Waals surface area contributed by atoms with Crippen molar-refractivity contribution in [2.24, 2.45) is 12.8 Å². The zero-order chi connectivity index (χ0) is 13.4. The number of fused-ring (bicyclic) bond motifs is 1. The average Bonchev–Trinajstić information content (AvgIpc) is 2.71. The lowest BCUT2D eigenvalue weighted by Crippen LogP contribution is -2.45. The number of rotatable bonds is 2. The van der Waals surface area contributed by atoms with E-state index in [0.717, 1.165) is 25.9 Å². The van der Waals surface area contributed by atoms with E-state index in [1.54, 1.807) is 0 Å². The fourth-order valence-corrected chi connectivity index (χ4v) is 3.09. The third-order valence-electron chi connectivity index (χ3n) is 4.24. The van der Waals surface area contributed by atoms with Crippen LogP contribution in [0.15, 0.2) is 24.3 Å². The fraction of sp³-hybridized carbons (Fsp3) is 0.533. The molecule has 102 valence electrons. The molecular weight excluding hydrogens is 236 g/mol. The van der Waals surface area contributed by atoms with Crippen LogP contribution < -0.4 is 5.73 Å². The lowest BCUT2D eigenvalue weighted by Gasteiger charge is -2.35. The molecule has 2 atom stereocenters. The molecule has 0 spiro atoms. The first kappa shape index (κ1) is 12.6. The number of benzene rings is 1. The van der Waals surface area contributed by atoms with E-state index >= 15 is 0 Å². The number of aryl methyl sites for hydroxylation is 1. The molecule has 0 radical (unpaired) electrons. The van der Waals surface area contributed by atoms with Crippen molar-refractivity contribution in [1.29, 1.82) is 0 Å². The lowest BCUT2D eigenvalue weighted by atomic mass is 9.99. The molecule has 1 aromatic carbocycles. The minimum absolute atomic E-state index is 0.367. The summed E-state index contributed by atoms with van der Waals surface area (Å²) in [5.74, 6) is 0. The number of nitrogens with zero attached hydrogens (tertiary/aromatic N) is 3. The Kier molecular flexibility index (Phi) is 3.29. The highest BCUT2D eigenvalue weighted by Gasteiger charge is 2.24. The normalized spacial score (nSPS) is 25.0. The molecule has 2 aromatic rings. The minimum atomic E-state index is 0.367. The largest absolute Gasteiger partial charge is 0.328 e. The van der Waals surface area contributed by atoms with Gasteiger partial charge in [-0.3, -0.25) is 9.58 Å². The van der Waals surface area contributed by atoms with Gasteiger partial charge < -0.3 is 5.73 Å². The van der Waals surface area contributed by atoms with Crippen LogP contribution in [0, 0.1) is 0 Å². The van der Waals surface area contributed by atoms with Crippen LogP contribution in [0.4, 0.5) is 0 Å². The Hall–Kier alpha value is -1.39. The van der Waals surface area contributed by atoms with E-state index in [1.165, 1.54) is 16.6 Å². The highest BCUT2D eigenvalue weighted by molar-refractivity contribution is 5.81. The van der Waals surface area contributed by atoms with Crippen molar-refractivity contribution in [3.05, 3.63) is 30.0 Å². The van der Waals surface area contributed by atoms with Gasteiger partial charge in [-0.05, 0) is 25.8 Å². The van der Waals surface area contributed by atoms with Crippen LogP contribution in [-0.2, 0) is 13.6 Å². The Morgan fingerprint density at radius 1 is 1.37 bits per heavy atom. The zero-order valence-corrected chi connectivity index (χ0v) is 11.7. The topological polar surface area (TPSA) is 47.1 Å². The van der Waals surface area contributed by atoms with Crippen LogP contribution in [0.25, 0.3) is 10.9 Å². The van der Waals surface area contributed by atoms with Crippen molar-refractivity contribution in [2.45, 2.75) is 38.4 Å². The van der Waals surface area contributed by atoms with Gasteiger partial charge in [-0.15, -0.1) is 0 Å². The maximum absolute atomic E-state index is 6.03. The lowest BCUT2D eigenvalue weighted by molar-refractivity contribution is 0.138. The van der Waals surface area contributed by atoms with Crippen LogP contribution in [0.2, 0.25) is 0 Å². The first-order chi connectivity index (χ1) is 9.15. The molecule has 1 fully saturated rings. The molecule has 1 aliphatic heterocycles. The van der Waals surface area contributed by atoms with Crippen molar-refractivity contribution < 1.29 is 0 Å². The first-order valence-corrected chi connectivity index (χ1v) is 7.05. The second kappa shape index (κ2) is 4.94. The summed E-state index contributed by atoms with van der Waals surface area (Å²) in [5.41, 5.74) is 8.42. The summed E-state index contributed by atoms with van der Waals surface area (Å²) in [4.78, 5) is 2.50. The van der Waals surface area contributed by atoms with Gasteiger partial charge in [0.25, 0.3) is 0 Å². The molecule has 2 N–H and O–H groups in total. The number of likely N-dealkylation sites (tertiary alicyclic amines) is 1. The van der Waals surface area contributed by atoms with Crippen molar-refractivity contribution >= 4 is 10.9 Å². The second-order valence-corrected chi connectivity index (χ2v) is 5.69. The SMILES string of the molecule is CC1CC(N)CCN1Cc1nn(C)c2ccccc12. The van der Waals surface area contributed by atoms with Crippen LogP contribution in [-0.4, -0.2) is 33.3 Å². The highest BCUT2D eigenvalue weighted by atomic mass is 15.3. The standard InChI is InChI=1S/C15H22N4/c1-11-9-12(16)7-8-19(11)10-14-13-5-3-4-6-15(13)18(2)17-14/h3-6,11-12H,7-10,16H2,1-2H3. The van der Waals surface area contributed by atoms with Gasteiger partial charge in [-0.25, -0.2) is 0 Å². The van der Waals surface area contributed by atoms with E-state index in [1.807, 2.05) is 11.7 Å². The molecule has 2 unspecified atom stereocenters. The van der Waals surface area contributed by atoms with E-state index in [2.05, 4.69) is 41.2 Å². The molecule has 4 nitrogen and oxygen atoms in total. The number of nitrogens with two attached hydrogens (primary N) is 1. The molecule has 0 amide bonds. The summed E-state index contributed by atoms with van der Waals surface area (Å²) in [7, 11) is 2.02. The molecule has 4 heteroatoms. The van der Waals surface area contributed by atoms with Crippen molar-refractivity contribution in [1.82, 2.24) is 14.7 Å². The van der Waals surface area contributed by atoms with Gasteiger partial charge in [0.15, 0.2) is 0 Å². The third kappa shape index (κ3) is 2.38. The Bertz CT molecular complexity index is 575. The molecule has 1 aromatic heterocycles. The quantitative estimate of drug-likeness (QED) is 0.894. The number of piperidine rings is 1. The van der Waals surface area contributed by atoms with Gasteiger partial charge in [0.05, 0.1) is 11.2 Å². The molecule has 0 aliphatic carbocycles. The van der Waals surface area contributed by atoms with Gasteiger partial charge >= 0.3 is 0 Å². The van der Waals surface area contributed by atoms with Gasteiger partial charge in [-0.2, -0.15) is 5.10 Å². The summed E-state index contributed by atoms with van der Waals surface area (Å²) in [6, 6.07) is 9.36. The van der Waals surface area contributed by atoms with Crippen LogP contribution in [0.1, 0.15) is 25.5 Å². The molecule has 1 aliphatic rings. The molecule has 19 heavy (non-hydrogen) atoms. The summed E-state index contributed by atoms with van der Waals surface area (Å²) < 4.78 is 1.98. The van der Waals surface area contributed by atoms with Gasteiger partial charge in [-0.1, -0.05) is 18.2 Å². The number of aromatic nitrogens is 2. The number of hydrogen-bond donors (Lipinski definition) is 1. The summed E-state index contributed by atoms with van der Waals surface area (Å²) in [5, 5.41) is 5.95. The van der Waals surface area contributed by atoms with Gasteiger partial charge in [0.2, 0.25) is 0 Å². The Morgan fingerprint density at radius 3 is 2.95 bits per heavy atom. The van der Waals surface area contributed by atoms with Crippen LogP contribution in [0.3, 0.4) is 0 Å². The maximum atomic E-state index is 6.03. The van der Waals surface area contributed by atoms with Crippen LogP contribution >= 0.6 is 0 Å². The summed E-state index contributed by atoms with van der Waals surface area (Å²) >= 11 is 0. The predicted molar refractivity (Wildman–Crippen MR) is 77.8 cm³/mol. The van der Waals surface area contributed by atoms with Crippen molar-refractivity contribution in [3.8, 4) is 0 Å². The minimum Gasteiger partial charge on any atom is -0.328 e. The molecule has 1 saturated heterocycles. The van der Waals surface area contributed by atoms with Crippen molar-refractivity contribution in [2.75, 3.05) is 6.54 Å².